The maximum Gasteiger partial charge on any atom is 0.202 e. The predicted molar refractivity (Wildman–Crippen MR) is 66.0 cm³/mol. The maximum atomic E-state index is 12.2. The van der Waals surface area contributed by atoms with Gasteiger partial charge in [0, 0.05) is 24.0 Å². The predicted octanol–water partition coefficient (Wildman–Crippen LogP) is 2.37. The van der Waals surface area contributed by atoms with Gasteiger partial charge in [-0.3, -0.25) is 0 Å². The summed E-state index contributed by atoms with van der Waals surface area (Å²) in [6.45, 7) is 0. The Morgan fingerprint density at radius 2 is 1.88 bits per heavy atom. The summed E-state index contributed by atoms with van der Waals surface area (Å²) in [5.74, 6) is 0. The molecular formula is C14H17NO2. The average Bonchev–Trinajstić information content (AvgIpc) is 2.38. The van der Waals surface area contributed by atoms with E-state index in [4.69, 9.17) is 0 Å². The number of aliphatic hydroxyl groups is 1. The monoisotopic (exact) mass is 231 g/mol. The molecule has 0 amide bonds. The van der Waals surface area contributed by atoms with Gasteiger partial charge in [0.2, 0.25) is 5.54 Å². The quantitative estimate of drug-likeness (QED) is 0.550. The first-order chi connectivity index (χ1) is 8.24. The van der Waals surface area contributed by atoms with E-state index in [9.17, 15) is 10.3 Å². The average molecular weight is 231 g/mol. The van der Waals surface area contributed by atoms with Crippen molar-refractivity contribution in [2.45, 2.75) is 43.7 Å². The molecule has 1 aliphatic carbocycles. The molecule has 1 N–H and O–H groups in total. The van der Waals surface area contributed by atoms with Crippen LogP contribution in [-0.4, -0.2) is 21.6 Å². The Bertz CT molecular complexity index is 461. The molecule has 3 heteroatoms. The molecule has 1 spiro atoms. The van der Waals surface area contributed by atoms with E-state index in [1.54, 1.807) is 6.21 Å². The number of rotatable bonds is 0. The molecule has 3 rings (SSSR count). The number of fused-ring (bicyclic) bond motifs is 1. The normalized spacial score (nSPS) is 26.4. The second-order valence-electron chi connectivity index (χ2n) is 5.15. The van der Waals surface area contributed by atoms with E-state index in [0.29, 0.717) is 0 Å². The number of aliphatic hydroxyl groups excluding tert-OH is 1. The largest absolute Gasteiger partial charge is 0.623 e. The molecule has 1 aliphatic heterocycles. The third kappa shape index (κ3) is 1.49. The van der Waals surface area contributed by atoms with Gasteiger partial charge in [-0.15, -0.1) is 0 Å². The first-order valence-electron chi connectivity index (χ1n) is 6.32. The number of benzene rings is 1. The highest BCUT2D eigenvalue weighted by Crippen LogP contribution is 2.43. The van der Waals surface area contributed by atoms with Crippen molar-refractivity contribution in [3.8, 4) is 0 Å². The minimum atomic E-state index is -0.651. The van der Waals surface area contributed by atoms with Crippen LogP contribution in [0.4, 0.5) is 0 Å². The molecule has 17 heavy (non-hydrogen) atoms. The lowest BCUT2D eigenvalue weighted by Crippen LogP contribution is -2.49. The van der Waals surface area contributed by atoms with Crippen LogP contribution in [0.5, 0.6) is 0 Å². The molecule has 3 nitrogen and oxygen atoms in total. The summed E-state index contributed by atoms with van der Waals surface area (Å²) in [6.07, 6.45) is 5.82. The van der Waals surface area contributed by atoms with Gasteiger partial charge in [0.25, 0.3) is 0 Å². The Labute approximate surface area is 101 Å². The minimum absolute atomic E-state index is 0.605. The van der Waals surface area contributed by atoms with Crippen LogP contribution in [0, 0.1) is 5.21 Å². The van der Waals surface area contributed by atoms with Gasteiger partial charge in [0.15, 0.2) is 6.21 Å². The van der Waals surface area contributed by atoms with Crippen LogP contribution < -0.4 is 0 Å². The van der Waals surface area contributed by atoms with Crippen LogP contribution >= 0.6 is 0 Å². The molecule has 90 valence electrons. The topological polar surface area (TPSA) is 46.3 Å². The van der Waals surface area contributed by atoms with Gasteiger partial charge in [-0.2, -0.15) is 0 Å². The molecule has 1 fully saturated rings. The summed E-state index contributed by atoms with van der Waals surface area (Å²) in [6, 6.07) is 7.64. The van der Waals surface area contributed by atoms with Gasteiger partial charge < -0.3 is 10.3 Å². The molecule has 0 saturated heterocycles. The Balaban J connectivity index is 2.10. The van der Waals surface area contributed by atoms with Gasteiger partial charge in [-0.25, -0.2) is 4.74 Å². The number of hydrogen-bond donors (Lipinski definition) is 1. The second kappa shape index (κ2) is 3.84. The van der Waals surface area contributed by atoms with E-state index < -0.39 is 11.6 Å². The van der Waals surface area contributed by atoms with Gasteiger partial charge in [0.05, 0.1) is 0 Å². The highest BCUT2D eigenvalue weighted by Gasteiger charge is 2.50. The molecule has 1 atom stereocenters. The van der Waals surface area contributed by atoms with E-state index in [-0.39, 0.29) is 0 Å². The van der Waals surface area contributed by atoms with E-state index in [1.807, 2.05) is 24.3 Å². The van der Waals surface area contributed by atoms with Crippen molar-refractivity contribution in [3.63, 3.8) is 0 Å². The second-order valence-corrected chi connectivity index (χ2v) is 5.15. The first-order valence-corrected chi connectivity index (χ1v) is 6.32. The van der Waals surface area contributed by atoms with Gasteiger partial charge in [0.1, 0.15) is 6.10 Å². The van der Waals surface area contributed by atoms with Gasteiger partial charge >= 0.3 is 0 Å². The minimum Gasteiger partial charge on any atom is -0.623 e. The summed E-state index contributed by atoms with van der Waals surface area (Å²) < 4.78 is 1.01. The van der Waals surface area contributed by atoms with Gasteiger partial charge in [-0.1, -0.05) is 24.6 Å². The Kier molecular flexibility index (Phi) is 2.44. The number of nitrogens with zero attached hydrogens (tertiary/aromatic N) is 1. The Morgan fingerprint density at radius 3 is 2.65 bits per heavy atom. The van der Waals surface area contributed by atoms with Crippen LogP contribution in [0.1, 0.15) is 49.3 Å². The molecule has 1 aromatic carbocycles. The van der Waals surface area contributed by atoms with Crippen molar-refractivity contribution in [1.82, 2.24) is 0 Å². The molecule has 1 aromatic rings. The van der Waals surface area contributed by atoms with Crippen molar-refractivity contribution in [2.75, 3.05) is 0 Å². The zero-order valence-corrected chi connectivity index (χ0v) is 9.80. The third-order valence-electron chi connectivity index (χ3n) is 4.21. The fraction of sp³-hybridized carbons (Fsp3) is 0.500. The van der Waals surface area contributed by atoms with Crippen molar-refractivity contribution < 1.29 is 9.85 Å². The molecule has 1 heterocycles. The SMILES string of the molecule is [O-][N+]1=Cc2ccccc2[C@H](O)C12CCCCC2. The molecule has 0 aromatic heterocycles. The van der Waals surface area contributed by atoms with Gasteiger partial charge in [-0.05, 0) is 18.9 Å². The zero-order chi connectivity index (χ0) is 11.9. The Morgan fingerprint density at radius 1 is 1.18 bits per heavy atom. The standard InChI is InChI=1S/C14H17NO2/c16-13-12-7-3-2-6-11(12)10-15(17)14(13)8-4-1-5-9-14/h2-3,6-7,10,13,16H,1,4-5,8-9H2/t13-/m0/s1. The fourth-order valence-electron chi connectivity index (χ4n) is 3.20. The lowest BCUT2D eigenvalue weighted by molar-refractivity contribution is -0.569. The maximum absolute atomic E-state index is 12.2. The lowest BCUT2D eigenvalue weighted by Gasteiger charge is -2.41. The van der Waals surface area contributed by atoms with E-state index in [1.165, 1.54) is 6.42 Å². The lowest BCUT2D eigenvalue weighted by atomic mass is 9.73. The molecule has 0 bridgehead atoms. The molecular weight excluding hydrogens is 214 g/mol. The molecule has 2 aliphatic rings. The van der Waals surface area contributed by atoms with Crippen LogP contribution in [0.25, 0.3) is 0 Å². The molecule has 0 unspecified atom stereocenters. The highest BCUT2D eigenvalue weighted by molar-refractivity contribution is 5.79. The van der Waals surface area contributed by atoms with Crippen LogP contribution in [-0.2, 0) is 0 Å². The number of hydrogen-bond acceptors (Lipinski definition) is 2. The van der Waals surface area contributed by atoms with E-state index in [0.717, 1.165) is 41.5 Å². The van der Waals surface area contributed by atoms with Crippen molar-refractivity contribution in [1.29, 1.82) is 0 Å². The van der Waals surface area contributed by atoms with Crippen molar-refractivity contribution >= 4 is 6.21 Å². The summed E-state index contributed by atoms with van der Waals surface area (Å²) >= 11 is 0. The van der Waals surface area contributed by atoms with Crippen molar-refractivity contribution in [3.05, 3.63) is 40.6 Å². The zero-order valence-electron chi connectivity index (χ0n) is 9.80. The van der Waals surface area contributed by atoms with E-state index in [2.05, 4.69) is 0 Å². The highest BCUT2D eigenvalue weighted by atomic mass is 16.5. The van der Waals surface area contributed by atoms with Crippen LogP contribution in [0.15, 0.2) is 24.3 Å². The summed E-state index contributed by atoms with van der Waals surface area (Å²) in [7, 11) is 0. The van der Waals surface area contributed by atoms with Crippen LogP contribution in [0.2, 0.25) is 0 Å². The number of hydroxylamine groups is 1. The van der Waals surface area contributed by atoms with Crippen LogP contribution in [0.3, 0.4) is 0 Å². The first kappa shape index (κ1) is 10.8. The smallest absolute Gasteiger partial charge is 0.202 e. The van der Waals surface area contributed by atoms with E-state index >= 15 is 0 Å². The molecule has 0 radical (unpaired) electrons. The van der Waals surface area contributed by atoms with Crippen molar-refractivity contribution in [2.24, 2.45) is 0 Å². The summed E-state index contributed by atoms with van der Waals surface area (Å²) in [5.41, 5.74) is 1.15. The summed E-state index contributed by atoms with van der Waals surface area (Å²) in [4.78, 5) is 0. The fourth-order valence-corrected chi connectivity index (χ4v) is 3.20. The summed E-state index contributed by atoms with van der Waals surface area (Å²) in [5, 5.41) is 22.8. The molecule has 1 saturated carbocycles. The third-order valence-corrected chi connectivity index (χ3v) is 4.21. The Hall–Kier alpha value is -1.35.